The zero-order valence-electron chi connectivity index (χ0n) is 23.7. The van der Waals surface area contributed by atoms with E-state index >= 15 is 8.78 Å². The number of rotatable bonds is 9. The second-order valence-electron chi connectivity index (χ2n) is 10.5. The van der Waals surface area contributed by atoms with Crippen LogP contribution in [-0.4, -0.2) is 28.2 Å². The molecule has 1 fully saturated rings. The molecule has 6 nitrogen and oxygen atoms in total. The van der Waals surface area contributed by atoms with Crippen molar-refractivity contribution < 1.29 is 18.3 Å². The van der Waals surface area contributed by atoms with Gasteiger partial charge in [-0.25, -0.2) is 13.6 Å². The van der Waals surface area contributed by atoms with Gasteiger partial charge >= 0.3 is 5.69 Å². The molecule has 0 radical (unpaired) electrons. The van der Waals surface area contributed by atoms with E-state index in [1.165, 1.54) is 13.1 Å². The molecule has 1 aliphatic heterocycles. The maximum absolute atomic E-state index is 15.5. The monoisotopic (exact) mass is 559 g/mol. The summed E-state index contributed by atoms with van der Waals surface area (Å²) in [7, 11) is 1.61. The van der Waals surface area contributed by atoms with E-state index in [4.69, 9.17) is 9.47 Å². The van der Waals surface area contributed by atoms with Gasteiger partial charge in [0.1, 0.15) is 17.1 Å². The number of hydrogen-bond donors (Lipinski definition) is 1. The lowest BCUT2D eigenvalue weighted by atomic mass is 9.77. The Kier molecular flexibility index (Phi) is 7.70. The Balaban J connectivity index is 1.63. The number of benzene rings is 3. The highest BCUT2D eigenvalue weighted by Gasteiger charge is 2.63. The normalized spacial score (nSPS) is 19.6. The molecular weight excluding hydrogens is 524 g/mol. The SMILES string of the molecule is CCC1(CC)O[C@@H](n2ccc(NC(c3ccccc3)(c3ccccc3)c3ccc(OC)cc3)nc2=O)C(F)(F)[C@@H]1C. The number of nitrogens with one attached hydrogen (secondary N) is 1. The quantitative estimate of drug-likeness (QED) is 0.223. The zero-order valence-corrected chi connectivity index (χ0v) is 23.7. The van der Waals surface area contributed by atoms with Crippen LogP contribution in [0.3, 0.4) is 0 Å². The number of methoxy groups -OCH3 is 1. The lowest BCUT2D eigenvalue weighted by molar-refractivity contribution is -0.138. The van der Waals surface area contributed by atoms with Crippen molar-refractivity contribution in [2.75, 3.05) is 12.4 Å². The molecule has 0 aliphatic carbocycles. The predicted octanol–water partition coefficient (Wildman–Crippen LogP) is 7.01. The van der Waals surface area contributed by atoms with Gasteiger partial charge in [-0.1, -0.05) is 93.6 Å². The molecular formula is C33H35F2N3O3. The van der Waals surface area contributed by atoms with Crippen molar-refractivity contribution in [2.24, 2.45) is 5.92 Å². The molecule has 8 heteroatoms. The summed E-state index contributed by atoms with van der Waals surface area (Å²) < 4.78 is 43.3. The Hall–Kier alpha value is -4.04. The van der Waals surface area contributed by atoms with E-state index in [-0.39, 0.29) is 5.82 Å². The minimum absolute atomic E-state index is 0.237. The lowest BCUT2D eigenvalue weighted by Gasteiger charge is -2.37. The van der Waals surface area contributed by atoms with Crippen LogP contribution in [0.15, 0.2) is 102 Å². The fraction of sp³-hybridized carbons (Fsp3) is 0.333. The van der Waals surface area contributed by atoms with E-state index < -0.39 is 34.9 Å². The third kappa shape index (κ3) is 4.80. The summed E-state index contributed by atoms with van der Waals surface area (Å²) in [5.41, 5.74) is -0.136. The van der Waals surface area contributed by atoms with E-state index in [1.54, 1.807) is 13.2 Å². The van der Waals surface area contributed by atoms with Gasteiger partial charge in [0.2, 0.25) is 6.23 Å². The second kappa shape index (κ2) is 11.1. The van der Waals surface area contributed by atoms with E-state index in [9.17, 15) is 4.79 Å². The highest BCUT2D eigenvalue weighted by atomic mass is 19.3. The molecule has 1 aromatic heterocycles. The molecule has 2 atom stereocenters. The van der Waals surface area contributed by atoms with Crippen LogP contribution in [0.1, 0.15) is 56.5 Å². The van der Waals surface area contributed by atoms with Gasteiger partial charge in [0.15, 0.2) is 0 Å². The number of alkyl halides is 2. The summed E-state index contributed by atoms with van der Waals surface area (Å²) in [6, 6.07) is 28.8. The van der Waals surface area contributed by atoms with E-state index in [1.807, 2.05) is 98.8 Å². The molecule has 4 aromatic rings. The minimum atomic E-state index is -3.24. The van der Waals surface area contributed by atoms with Gasteiger partial charge in [0.05, 0.1) is 18.6 Å². The van der Waals surface area contributed by atoms with Crippen LogP contribution in [0.5, 0.6) is 5.75 Å². The largest absolute Gasteiger partial charge is 0.497 e. The highest BCUT2D eigenvalue weighted by Crippen LogP contribution is 2.54. The van der Waals surface area contributed by atoms with Gasteiger partial charge in [-0.15, -0.1) is 0 Å². The summed E-state index contributed by atoms with van der Waals surface area (Å²) in [6.07, 6.45) is 0.439. The summed E-state index contributed by atoms with van der Waals surface area (Å²) in [5.74, 6) is -3.36. The second-order valence-corrected chi connectivity index (χ2v) is 10.5. The van der Waals surface area contributed by atoms with Crippen LogP contribution in [0.4, 0.5) is 14.6 Å². The average molecular weight is 560 g/mol. The maximum Gasteiger partial charge on any atom is 0.351 e. The van der Waals surface area contributed by atoms with Crippen molar-refractivity contribution in [2.45, 2.75) is 56.9 Å². The summed E-state index contributed by atoms with van der Waals surface area (Å²) in [6.45, 7) is 5.15. The molecule has 5 rings (SSSR count). The Morgan fingerprint density at radius 2 is 1.44 bits per heavy atom. The number of anilines is 1. The van der Waals surface area contributed by atoms with Crippen molar-refractivity contribution in [1.29, 1.82) is 0 Å². The number of ether oxygens (including phenoxy) is 2. The third-order valence-electron chi connectivity index (χ3n) is 8.57. The molecule has 0 amide bonds. The van der Waals surface area contributed by atoms with Crippen molar-refractivity contribution in [3.05, 3.63) is 124 Å². The molecule has 0 saturated carbocycles. The van der Waals surface area contributed by atoms with Crippen LogP contribution < -0.4 is 15.7 Å². The Morgan fingerprint density at radius 3 is 1.90 bits per heavy atom. The van der Waals surface area contributed by atoms with Crippen molar-refractivity contribution in [3.63, 3.8) is 0 Å². The lowest BCUT2D eigenvalue weighted by Crippen LogP contribution is -2.41. The first-order valence-corrected chi connectivity index (χ1v) is 13.9. The molecule has 1 aliphatic rings. The molecule has 1 N–H and O–H groups in total. The highest BCUT2D eigenvalue weighted by molar-refractivity contribution is 5.58. The Morgan fingerprint density at radius 1 is 0.902 bits per heavy atom. The first-order valence-electron chi connectivity index (χ1n) is 13.9. The standard InChI is InChI=1S/C33H35F2N3O3/c1-5-31(6-2)23(3)33(34,35)29(41-31)38-22-21-28(36-30(38)39)37-32(24-13-9-7-10-14-24,25-15-11-8-12-16-25)26-17-19-27(40-4)20-18-26/h7-23,29H,5-6H2,1-4H3,(H,36,37,39)/t23-,29-/m1/s1. The van der Waals surface area contributed by atoms with Crippen LogP contribution in [0, 0.1) is 5.92 Å². The average Bonchev–Trinajstić information content (AvgIpc) is 3.22. The maximum atomic E-state index is 15.5. The molecule has 41 heavy (non-hydrogen) atoms. The molecule has 0 spiro atoms. The van der Waals surface area contributed by atoms with E-state index in [2.05, 4.69) is 10.3 Å². The molecule has 2 heterocycles. The molecule has 1 saturated heterocycles. The van der Waals surface area contributed by atoms with Gasteiger partial charge < -0.3 is 14.8 Å². The number of aromatic nitrogens is 2. The minimum Gasteiger partial charge on any atom is -0.497 e. The zero-order chi connectivity index (χ0) is 29.3. The molecule has 0 unspecified atom stereocenters. The molecule has 214 valence electrons. The topological polar surface area (TPSA) is 65.4 Å². The van der Waals surface area contributed by atoms with Crippen LogP contribution in [0.25, 0.3) is 0 Å². The van der Waals surface area contributed by atoms with Gasteiger partial charge in [0, 0.05) is 6.20 Å². The number of hydrogen-bond acceptors (Lipinski definition) is 5. The number of halogens is 2. The van der Waals surface area contributed by atoms with Crippen LogP contribution in [0.2, 0.25) is 0 Å². The van der Waals surface area contributed by atoms with Crippen LogP contribution in [-0.2, 0) is 10.3 Å². The first kappa shape index (κ1) is 28.5. The van der Waals surface area contributed by atoms with Gasteiger partial charge in [-0.2, -0.15) is 4.98 Å². The molecule has 3 aromatic carbocycles. The summed E-state index contributed by atoms with van der Waals surface area (Å²) in [5, 5.41) is 3.51. The predicted molar refractivity (Wildman–Crippen MR) is 155 cm³/mol. The summed E-state index contributed by atoms with van der Waals surface area (Å²) >= 11 is 0. The fourth-order valence-corrected chi connectivity index (χ4v) is 6.03. The molecule has 0 bridgehead atoms. The van der Waals surface area contributed by atoms with Crippen molar-refractivity contribution >= 4 is 5.82 Å². The van der Waals surface area contributed by atoms with Gasteiger partial charge in [0.25, 0.3) is 5.92 Å². The van der Waals surface area contributed by atoms with Crippen molar-refractivity contribution in [1.82, 2.24) is 9.55 Å². The van der Waals surface area contributed by atoms with Crippen LogP contribution >= 0.6 is 0 Å². The first-order chi connectivity index (χ1) is 19.7. The van der Waals surface area contributed by atoms with E-state index in [0.29, 0.717) is 18.6 Å². The van der Waals surface area contributed by atoms with Gasteiger partial charge in [-0.05, 0) is 47.7 Å². The van der Waals surface area contributed by atoms with E-state index in [0.717, 1.165) is 21.3 Å². The smallest absolute Gasteiger partial charge is 0.351 e. The van der Waals surface area contributed by atoms with Gasteiger partial charge in [-0.3, -0.25) is 4.57 Å². The number of nitrogens with zero attached hydrogens (tertiary/aromatic N) is 2. The summed E-state index contributed by atoms with van der Waals surface area (Å²) in [4.78, 5) is 17.6. The fourth-order valence-electron chi connectivity index (χ4n) is 6.03. The Labute approximate surface area is 239 Å². The Bertz CT molecular complexity index is 1480. The van der Waals surface area contributed by atoms with Crippen molar-refractivity contribution in [3.8, 4) is 5.75 Å². The third-order valence-corrected chi connectivity index (χ3v) is 8.57.